The molecule has 164 valence electrons. The van der Waals surface area contributed by atoms with Gasteiger partial charge in [-0.2, -0.15) is 0 Å². The van der Waals surface area contributed by atoms with Crippen molar-refractivity contribution in [2.75, 3.05) is 4.90 Å². The molecule has 0 aliphatic carbocycles. The minimum atomic E-state index is -1.01. The molecule has 0 bridgehead atoms. The van der Waals surface area contributed by atoms with Gasteiger partial charge in [0.2, 0.25) is 0 Å². The quantitative estimate of drug-likeness (QED) is 0.591. The number of hydrogen-bond donors (Lipinski definition) is 1. The van der Waals surface area contributed by atoms with Crippen LogP contribution in [0.2, 0.25) is 0 Å². The van der Waals surface area contributed by atoms with Gasteiger partial charge in [0.05, 0.1) is 0 Å². The molecule has 3 rings (SSSR count). The van der Waals surface area contributed by atoms with Gasteiger partial charge >= 0.3 is 0 Å². The summed E-state index contributed by atoms with van der Waals surface area (Å²) in [6.45, 7) is 11.7. The van der Waals surface area contributed by atoms with Gasteiger partial charge in [0, 0.05) is 16.6 Å². The average molecular weight is 441 g/mol. The molecule has 0 saturated carbocycles. The van der Waals surface area contributed by atoms with Crippen molar-refractivity contribution in [2.24, 2.45) is 0 Å². The first-order valence-corrected chi connectivity index (χ1v) is 11.0. The van der Waals surface area contributed by atoms with E-state index in [2.05, 4.69) is 28.8 Å². The summed E-state index contributed by atoms with van der Waals surface area (Å²) in [7, 11) is 0. The van der Waals surface area contributed by atoms with Crippen LogP contribution in [0.3, 0.4) is 0 Å². The van der Waals surface area contributed by atoms with Gasteiger partial charge in [0.15, 0.2) is 11.7 Å². The van der Waals surface area contributed by atoms with Gasteiger partial charge in [-0.05, 0) is 75.0 Å². The number of anilines is 1. The third-order valence-corrected chi connectivity index (χ3v) is 5.18. The van der Waals surface area contributed by atoms with Crippen molar-refractivity contribution in [1.29, 1.82) is 0 Å². The Bertz CT molecular complexity index is 1030. The summed E-state index contributed by atoms with van der Waals surface area (Å²) in [4.78, 5) is 28.4. The summed E-state index contributed by atoms with van der Waals surface area (Å²) in [5, 5.41) is 8.49. The first-order valence-electron chi connectivity index (χ1n) is 10.2. The van der Waals surface area contributed by atoms with E-state index in [9.17, 15) is 9.59 Å². The van der Waals surface area contributed by atoms with E-state index in [0.717, 1.165) is 17.1 Å². The number of carbonyl (C=O) groups excluding carboxylic acids is 2. The zero-order valence-corrected chi connectivity index (χ0v) is 19.5. The van der Waals surface area contributed by atoms with Crippen LogP contribution in [0.1, 0.15) is 74.2 Å². The molecular weight excluding hydrogens is 412 g/mol. The zero-order chi connectivity index (χ0) is 22.8. The Morgan fingerprint density at radius 3 is 2.26 bits per heavy atom. The van der Waals surface area contributed by atoms with Gasteiger partial charge < -0.3 is 9.73 Å². The van der Waals surface area contributed by atoms with Crippen LogP contribution < -0.4 is 10.2 Å². The Kier molecular flexibility index (Phi) is 6.59. The number of hydrogen-bond acceptors (Lipinski definition) is 6. The number of furan rings is 1. The summed E-state index contributed by atoms with van der Waals surface area (Å²) in [5.41, 5.74) is 1.39. The lowest BCUT2D eigenvalue weighted by Crippen LogP contribution is -2.49. The predicted octanol–water partition coefficient (Wildman–Crippen LogP) is 4.87. The van der Waals surface area contributed by atoms with Crippen molar-refractivity contribution in [3.8, 4) is 0 Å². The lowest BCUT2D eigenvalue weighted by Gasteiger charge is -2.32. The molecule has 0 spiro atoms. The molecule has 1 N–H and O–H groups in total. The highest BCUT2D eigenvalue weighted by atomic mass is 32.1. The van der Waals surface area contributed by atoms with Crippen LogP contribution in [-0.4, -0.2) is 26.9 Å². The van der Waals surface area contributed by atoms with Crippen LogP contribution in [0.5, 0.6) is 0 Å². The summed E-state index contributed by atoms with van der Waals surface area (Å²) in [5.74, 6) is 0.610. The summed E-state index contributed by atoms with van der Waals surface area (Å²) in [6.07, 6.45) is 0. The molecular formula is C23H28N4O3S. The fourth-order valence-corrected chi connectivity index (χ4v) is 3.63. The van der Waals surface area contributed by atoms with E-state index in [1.54, 1.807) is 24.4 Å². The summed E-state index contributed by atoms with van der Waals surface area (Å²) < 4.78 is 9.64. The molecule has 7 nitrogen and oxygen atoms in total. The molecule has 1 aromatic carbocycles. The lowest BCUT2D eigenvalue weighted by atomic mass is 10.0. The fourth-order valence-electron chi connectivity index (χ4n) is 3.20. The van der Waals surface area contributed by atoms with Crippen LogP contribution in [0, 0.1) is 6.92 Å². The largest absolute Gasteiger partial charge is 0.464 e. The Balaban J connectivity index is 2.14. The van der Waals surface area contributed by atoms with E-state index < -0.39 is 17.5 Å². The summed E-state index contributed by atoms with van der Waals surface area (Å²) in [6, 6.07) is 10.1. The van der Waals surface area contributed by atoms with E-state index in [1.807, 2.05) is 45.0 Å². The normalized spacial score (nSPS) is 12.6. The first kappa shape index (κ1) is 22.7. The maximum Gasteiger partial charge on any atom is 0.280 e. The van der Waals surface area contributed by atoms with Gasteiger partial charge in [0.25, 0.3) is 11.8 Å². The molecule has 2 heterocycles. The monoisotopic (exact) mass is 440 g/mol. The number of nitrogens with zero attached hydrogens (tertiary/aromatic N) is 3. The number of aromatic nitrogens is 2. The van der Waals surface area contributed by atoms with E-state index in [-0.39, 0.29) is 11.6 Å². The average Bonchev–Trinajstić information content (AvgIpc) is 3.36. The van der Waals surface area contributed by atoms with Gasteiger partial charge in [-0.1, -0.05) is 30.5 Å². The first-order chi connectivity index (χ1) is 14.6. The van der Waals surface area contributed by atoms with E-state index >= 15 is 0 Å². The van der Waals surface area contributed by atoms with Crippen molar-refractivity contribution in [3.05, 3.63) is 64.6 Å². The second-order valence-corrected chi connectivity index (χ2v) is 9.41. The third-order valence-electron chi connectivity index (χ3n) is 4.67. The van der Waals surface area contributed by atoms with E-state index in [1.165, 1.54) is 4.90 Å². The molecule has 0 aliphatic heterocycles. The topological polar surface area (TPSA) is 88.3 Å². The molecule has 2 aromatic heterocycles. The maximum atomic E-state index is 13.5. The SMILES string of the molecule is Cc1ccc([C@@H](C(=O)NC(C)(C)C)N(C(=O)c2csnn2)c2ccc(C(C)C)cc2)o1. The fraction of sp³-hybridized carbons (Fsp3) is 0.391. The molecule has 31 heavy (non-hydrogen) atoms. The minimum Gasteiger partial charge on any atom is -0.464 e. The van der Waals surface area contributed by atoms with Gasteiger partial charge in [-0.25, -0.2) is 0 Å². The van der Waals surface area contributed by atoms with Gasteiger partial charge in [-0.15, -0.1) is 5.10 Å². The molecule has 1 atom stereocenters. The highest BCUT2D eigenvalue weighted by Crippen LogP contribution is 2.32. The standard InChI is InChI=1S/C23H28N4O3S/c1-14(2)16-8-10-17(11-9-16)27(22(29)18-13-31-26-25-18)20(19-12-7-15(3)30-19)21(28)24-23(4,5)6/h7-14,20H,1-6H3,(H,24,28)/t20-/m0/s1. The number of benzene rings is 1. The number of carbonyl (C=O) groups is 2. The summed E-state index contributed by atoms with van der Waals surface area (Å²) >= 11 is 1.08. The van der Waals surface area contributed by atoms with Crippen molar-refractivity contribution >= 4 is 29.0 Å². The second kappa shape index (κ2) is 9.01. The number of amides is 2. The molecule has 0 unspecified atom stereocenters. The number of rotatable bonds is 6. The zero-order valence-electron chi connectivity index (χ0n) is 18.7. The van der Waals surface area contributed by atoms with Crippen molar-refractivity contribution in [3.63, 3.8) is 0 Å². The molecule has 3 aromatic rings. The van der Waals surface area contributed by atoms with Crippen molar-refractivity contribution < 1.29 is 14.0 Å². The van der Waals surface area contributed by atoms with Crippen LogP contribution in [0.4, 0.5) is 5.69 Å². The molecule has 0 saturated heterocycles. The van der Waals surface area contributed by atoms with Crippen LogP contribution in [0.25, 0.3) is 0 Å². The van der Waals surface area contributed by atoms with Gasteiger partial charge in [0.1, 0.15) is 11.5 Å². The molecule has 8 heteroatoms. The molecule has 0 aliphatic rings. The highest BCUT2D eigenvalue weighted by Gasteiger charge is 2.37. The minimum absolute atomic E-state index is 0.176. The van der Waals surface area contributed by atoms with Crippen LogP contribution >= 0.6 is 11.5 Å². The van der Waals surface area contributed by atoms with E-state index in [4.69, 9.17) is 4.42 Å². The van der Waals surface area contributed by atoms with Gasteiger partial charge in [-0.3, -0.25) is 14.5 Å². The Morgan fingerprint density at radius 2 is 1.77 bits per heavy atom. The number of aryl methyl sites for hydroxylation is 1. The smallest absolute Gasteiger partial charge is 0.280 e. The lowest BCUT2D eigenvalue weighted by molar-refractivity contribution is -0.124. The molecule has 0 radical (unpaired) electrons. The van der Waals surface area contributed by atoms with Crippen molar-refractivity contribution in [1.82, 2.24) is 14.9 Å². The maximum absolute atomic E-state index is 13.5. The molecule has 2 amide bonds. The van der Waals surface area contributed by atoms with E-state index in [0.29, 0.717) is 23.1 Å². The van der Waals surface area contributed by atoms with Crippen molar-refractivity contribution in [2.45, 2.75) is 59.0 Å². The Labute approximate surface area is 186 Å². The molecule has 0 fully saturated rings. The highest BCUT2D eigenvalue weighted by molar-refractivity contribution is 7.03. The van der Waals surface area contributed by atoms with Crippen LogP contribution in [-0.2, 0) is 4.79 Å². The predicted molar refractivity (Wildman–Crippen MR) is 121 cm³/mol. The third kappa shape index (κ3) is 5.38. The number of nitrogens with one attached hydrogen (secondary N) is 1. The Hall–Kier alpha value is -3.00. The Morgan fingerprint density at radius 1 is 1.10 bits per heavy atom. The second-order valence-electron chi connectivity index (χ2n) is 8.80. The van der Waals surface area contributed by atoms with Crippen LogP contribution in [0.15, 0.2) is 46.2 Å².